The molecule has 0 aliphatic heterocycles. The van der Waals surface area contributed by atoms with Gasteiger partial charge in [0.05, 0.1) is 5.88 Å². The van der Waals surface area contributed by atoms with Crippen molar-refractivity contribution in [1.82, 2.24) is 0 Å². The van der Waals surface area contributed by atoms with Crippen molar-refractivity contribution >= 4 is 43.5 Å². The zero-order chi connectivity index (χ0) is 13.8. The molecule has 1 nitrogen and oxygen atoms in total. The molecule has 2 aromatic carbocycles. The lowest BCUT2D eigenvalue weighted by molar-refractivity contribution is 0.297. The lowest BCUT2D eigenvalue weighted by Gasteiger charge is -2.11. The van der Waals surface area contributed by atoms with E-state index in [9.17, 15) is 4.39 Å². The van der Waals surface area contributed by atoms with Crippen LogP contribution in [0.2, 0.25) is 0 Å². The highest BCUT2D eigenvalue weighted by Crippen LogP contribution is 2.26. The van der Waals surface area contributed by atoms with E-state index < -0.39 is 0 Å². The second kappa shape index (κ2) is 6.73. The average Bonchev–Trinajstić information content (AvgIpc) is 2.40. The largest absolute Gasteiger partial charge is 0.488 e. The summed E-state index contributed by atoms with van der Waals surface area (Å²) < 4.78 is 21.0. The fourth-order valence-electron chi connectivity index (χ4n) is 1.60. The second-order valence-corrected chi connectivity index (χ2v) is 6.01. The van der Waals surface area contributed by atoms with Gasteiger partial charge in [0.2, 0.25) is 0 Å². The van der Waals surface area contributed by atoms with Gasteiger partial charge in [-0.25, -0.2) is 4.39 Å². The van der Waals surface area contributed by atoms with Crippen LogP contribution in [0, 0.1) is 5.82 Å². The molecule has 0 aliphatic rings. The number of ether oxygens (including phenoxy) is 1. The molecule has 0 N–H and O–H groups in total. The van der Waals surface area contributed by atoms with Crippen molar-refractivity contribution in [1.29, 1.82) is 0 Å². The van der Waals surface area contributed by atoms with Gasteiger partial charge in [-0.05, 0) is 36.4 Å². The van der Waals surface area contributed by atoms with E-state index in [4.69, 9.17) is 16.3 Å². The van der Waals surface area contributed by atoms with E-state index in [1.807, 2.05) is 18.2 Å². The van der Waals surface area contributed by atoms with Gasteiger partial charge in [-0.15, -0.1) is 11.6 Å². The van der Waals surface area contributed by atoms with Gasteiger partial charge in [0, 0.05) is 20.1 Å². The number of hydrogen-bond acceptors (Lipinski definition) is 1. The van der Waals surface area contributed by atoms with Gasteiger partial charge < -0.3 is 4.74 Å². The fourth-order valence-corrected chi connectivity index (χ4v) is 2.63. The molecule has 19 heavy (non-hydrogen) atoms. The fraction of sp³-hybridized carbons (Fsp3) is 0.143. The van der Waals surface area contributed by atoms with Crippen molar-refractivity contribution < 1.29 is 9.13 Å². The summed E-state index contributed by atoms with van der Waals surface area (Å²) in [7, 11) is 0. The SMILES string of the molecule is Fc1ccc(Br)cc1COc1ccc(Br)cc1CCl. The number of benzene rings is 2. The normalized spacial score (nSPS) is 10.5. The molecule has 2 aromatic rings. The monoisotopic (exact) mass is 406 g/mol. The first-order valence-corrected chi connectivity index (χ1v) is 7.63. The molecule has 0 aromatic heterocycles. The minimum atomic E-state index is -0.285. The van der Waals surface area contributed by atoms with Crippen LogP contribution in [-0.4, -0.2) is 0 Å². The third kappa shape index (κ3) is 3.94. The molecule has 100 valence electrons. The highest BCUT2D eigenvalue weighted by atomic mass is 79.9. The van der Waals surface area contributed by atoms with Gasteiger partial charge in [0.15, 0.2) is 0 Å². The van der Waals surface area contributed by atoms with Crippen LogP contribution in [0.1, 0.15) is 11.1 Å². The molecule has 0 unspecified atom stereocenters. The Morgan fingerprint density at radius 3 is 2.32 bits per heavy atom. The maximum absolute atomic E-state index is 13.6. The summed E-state index contributed by atoms with van der Waals surface area (Å²) in [5, 5.41) is 0. The smallest absolute Gasteiger partial charge is 0.129 e. The quantitative estimate of drug-likeness (QED) is 0.593. The Morgan fingerprint density at radius 2 is 1.63 bits per heavy atom. The van der Waals surface area contributed by atoms with E-state index in [0.29, 0.717) is 17.2 Å². The Hall–Kier alpha value is -0.580. The van der Waals surface area contributed by atoms with Crippen molar-refractivity contribution in [3.63, 3.8) is 0 Å². The number of alkyl halides is 1. The van der Waals surface area contributed by atoms with E-state index in [0.717, 1.165) is 14.5 Å². The van der Waals surface area contributed by atoms with Crippen LogP contribution in [0.15, 0.2) is 45.3 Å². The predicted molar refractivity (Wildman–Crippen MR) is 82.1 cm³/mol. The van der Waals surface area contributed by atoms with E-state index in [2.05, 4.69) is 31.9 Å². The summed E-state index contributed by atoms with van der Waals surface area (Å²) >= 11 is 12.5. The van der Waals surface area contributed by atoms with Crippen LogP contribution in [0.4, 0.5) is 4.39 Å². The summed E-state index contributed by atoms with van der Waals surface area (Å²) in [6.45, 7) is 0.163. The molecule has 0 saturated heterocycles. The third-order valence-corrected chi connectivity index (χ3v) is 3.83. The summed E-state index contributed by atoms with van der Waals surface area (Å²) in [5.41, 5.74) is 1.37. The molecule has 0 radical (unpaired) electrons. The average molecular weight is 408 g/mol. The standard InChI is InChI=1S/C14H10Br2ClFO/c15-11-1-3-13(18)10(6-11)8-19-14-4-2-12(16)5-9(14)7-17/h1-6H,7-8H2. The molecular weight excluding hydrogens is 398 g/mol. The van der Waals surface area contributed by atoms with Gasteiger partial charge in [0.1, 0.15) is 18.2 Å². The Bertz CT molecular complexity index is 590. The lowest BCUT2D eigenvalue weighted by atomic mass is 10.2. The van der Waals surface area contributed by atoms with Gasteiger partial charge in [-0.1, -0.05) is 31.9 Å². The zero-order valence-electron chi connectivity index (χ0n) is 9.80. The van der Waals surface area contributed by atoms with E-state index in [1.165, 1.54) is 6.07 Å². The van der Waals surface area contributed by atoms with Crippen LogP contribution < -0.4 is 4.74 Å². The topological polar surface area (TPSA) is 9.23 Å². The van der Waals surface area contributed by atoms with Crippen LogP contribution in [0.25, 0.3) is 0 Å². The van der Waals surface area contributed by atoms with Crippen molar-refractivity contribution in [3.05, 3.63) is 62.3 Å². The summed E-state index contributed by atoms with van der Waals surface area (Å²) in [6.07, 6.45) is 0. The molecule has 5 heteroatoms. The van der Waals surface area contributed by atoms with E-state index in [1.54, 1.807) is 12.1 Å². The maximum atomic E-state index is 13.6. The van der Waals surface area contributed by atoms with Gasteiger partial charge >= 0.3 is 0 Å². The van der Waals surface area contributed by atoms with Crippen LogP contribution >= 0.6 is 43.5 Å². The van der Waals surface area contributed by atoms with Gasteiger partial charge in [0.25, 0.3) is 0 Å². The molecule has 0 bridgehead atoms. The lowest BCUT2D eigenvalue weighted by Crippen LogP contribution is -2.00. The van der Waals surface area contributed by atoms with Crippen molar-refractivity contribution in [2.45, 2.75) is 12.5 Å². The summed E-state index contributed by atoms with van der Waals surface area (Å²) in [5.74, 6) is 0.723. The minimum absolute atomic E-state index is 0.163. The Kier molecular flexibility index (Phi) is 5.25. The molecule has 0 atom stereocenters. The third-order valence-electron chi connectivity index (χ3n) is 2.56. The second-order valence-electron chi connectivity index (χ2n) is 3.91. The van der Waals surface area contributed by atoms with Crippen LogP contribution in [-0.2, 0) is 12.5 Å². The molecule has 0 aliphatic carbocycles. The molecule has 0 spiro atoms. The molecule has 0 fully saturated rings. The number of halogens is 4. The van der Waals surface area contributed by atoms with Crippen molar-refractivity contribution in [3.8, 4) is 5.75 Å². The molecule has 0 saturated carbocycles. The maximum Gasteiger partial charge on any atom is 0.129 e. The molecule has 0 heterocycles. The highest BCUT2D eigenvalue weighted by Gasteiger charge is 2.07. The first-order valence-electron chi connectivity index (χ1n) is 5.51. The molecule has 2 rings (SSSR count). The first kappa shape index (κ1) is 14.8. The Labute approximate surface area is 133 Å². The minimum Gasteiger partial charge on any atom is -0.488 e. The highest BCUT2D eigenvalue weighted by molar-refractivity contribution is 9.10. The number of hydrogen-bond donors (Lipinski definition) is 0. The van der Waals surface area contributed by atoms with Crippen molar-refractivity contribution in [2.24, 2.45) is 0 Å². The van der Waals surface area contributed by atoms with Crippen LogP contribution in [0.3, 0.4) is 0 Å². The van der Waals surface area contributed by atoms with Gasteiger partial charge in [-0.3, -0.25) is 0 Å². The number of rotatable bonds is 4. The van der Waals surface area contributed by atoms with Gasteiger partial charge in [-0.2, -0.15) is 0 Å². The van der Waals surface area contributed by atoms with E-state index >= 15 is 0 Å². The molecule has 0 amide bonds. The summed E-state index contributed by atoms with van der Waals surface area (Å²) in [6, 6.07) is 10.3. The Morgan fingerprint density at radius 1 is 1.00 bits per heavy atom. The molecular formula is C14H10Br2ClFO. The summed E-state index contributed by atoms with van der Waals surface area (Å²) in [4.78, 5) is 0. The first-order chi connectivity index (χ1) is 9.10. The zero-order valence-corrected chi connectivity index (χ0v) is 13.7. The van der Waals surface area contributed by atoms with Crippen molar-refractivity contribution in [2.75, 3.05) is 0 Å². The Balaban J connectivity index is 2.16. The predicted octanol–water partition coefficient (Wildman–Crippen LogP) is 5.67. The van der Waals surface area contributed by atoms with E-state index in [-0.39, 0.29) is 12.4 Å². The van der Waals surface area contributed by atoms with Crippen LogP contribution in [0.5, 0.6) is 5.75 Å².